The van der Waals surface area contributed by atoms with Gasteiger partial charge in [0.25, 0.3) is 0 Å². The van der Waals surface area contributed by atoms with Gasteiger partial charge in [0.1, 0.15) is 0 Å². The third-order valence-corrected chi connectivity index (χ3v) is 5.72. The third-order valence-electron chi connectivity index (χ3n) is 2.68. The maximum absolute atomic E-state index is 12.0. The van der Waals surface area contributed by atoms with Crippen molar-refractivity contribution in [3.05, 3.63) is 23.8 Å². The van der Waals surface area contributed by atoms with E-state index in [9.17, 15) is 16.8 Å². The number of benzene rings is 1. The van der Waals surface area contributed by atoms with E-state index in [2.05, 4.69) is 14.8 Å². The topological polar surface area (TPSA) is 104 Å². The molecule has 10 heteroatoms. The molecule has 0 saturated carbocycles. The summed E-state index contributed by atoms with van der Waals surface area (Å²) < 4.78 is 52.0. The van der Waals surface area contributed by atoms with Crippen molar-refractivity contribution >= 4 is 32.5 Å². The largest absolute Gasteiger partial charge is 0.318 e. The molecule has 1 aromatic rings. The van der Waals surface area contributed by atoms with Gasteiger partial charge in [0, 0.05) is 13.1 Å². The molecule has 0 aliphatic carbocycles. The van der Waals surface area contributed by atoms with Crippen LogP contribution in [0.25, 0.3) is 0 Å². The standard InChI is InChI=1S/C11H19N3O4S2.ClH/c1-9-8-10(19(15,16)14-7-6-12-2)4-5-11(9)20(17,18)13-3;/h4-5,8,12-14H,6-7H2,1-3H3;1H. The summed E-state index contributed by atoms with van der Waals surface area (Å²) in [5, 5.41) is 2.83. The van der Waals surface area contributed by atoms with Gasteiger partial charge in [0.15, 0.2) is 0 Å². The Kier molecular flexibility index (Phi) is 7.79. The van der Waals surface area contributed by atoms with Crippen molar-refractivity contribution in [2.45, 2.75) is 16.7 Å². The monoisotopic (exact) mass is 357 g/mol. The normalized spacial score (nSPS) is 12.0. The molecule has 7 nitrogen and oxygen atoms in total. The zero-order valence-corrected chi connectivity index (χ0v) is 14.5. The molecule has 0 bridgehead atoms. The first-order valence-electron chi connectivity index (χ1n) is 5.93. The summed E-state index contributed by atoms with van der Waals surface area (Å²) in [4.78, 5) is 0.107. The fourth-order valence-electron chi connectivity index (χ4n) is 1.59. The second kappa shape index (κ2) is 8.06. The maximum atomic E-state index is 12.0. The first-order chi connectivity index (χ1) is 9.24. The molecule has 0 saturated heterocycles. The van der Waals surface area contributed by atoms with Gasteiger partial charge in [0.2, 0.25) is 20.0 Å². The minimum Gasteiger partial charge on any atom is -0.318 e. The Morgan fingerprint density at radius 3 is 2.10 bits per heavy atom. The Bertz CT molecular complexity index is 675. The molecule has 0 fully saturated rings. The molecule has 0 aliphatic heterocycles. The lowest BCUT2D eigenvalue weighted by atomic mass is 10.2. The van der Waals surface area contributed by atoms with Gasteiger partial charge < -0.3 is 5.32 Å². The molecule has 0 aromatic heterocycles. The van der Waals surface area contributed by atoms with Crippen molar-refractivity contribution in [1.82, 2.24) is 14.8 Å². The van der Waals surface area contributed by atoms with Crippen LogP contribution in [0.3, 0.4) is 0 Å². The van der Waals surface area contributed by atoms with Gasteiger partial charge in [-0.15, -0.1) is 12.4 Å². The molecule has 122 valence electrons. The molecule has 0 aliphatic rings. The molecule has 0 radical (unpaired) electrons. The van der Waals surface area contributed by atoms with Gasteiger partial charge in [-0.25, -0.2) is 26.3 Å². The zero-order chi connectivity index (χ0) is 15.4. The highest BCUT2D eigenvalue weighted by atomic mass is 35.5. The van der Waals surface area contributed by atoms with Crippen LogP contribution in [0.2, 0.25) is 0 Å². The average Bonchev–Trinajstić information content (AvgIpc) is 2.38. The van der Waals surface area contributed by atoms with Crippen LogP contribution >= 0.6 is 12.4 Å². The van der Waals surface area contributed by atoms with Gasteiger partial charge in [-0.3, -0.25) is 0 Å². The van der Waals surface area contributed by atoms with E-state index < -0.39 is 20.0 Å². The predicted molar refractivity (Wildman–Crippen MR) is 83.8 cm³/mol. The van der Waals surface area contributed by atoms with E-state index in [4.69, 9.17) is 0 Å². The molecular formula is C11H20ClN3O4S2. The van der Waals surface area contributed by atoms with Crippen molar-refractivity contribution in [1.29, 1.82) is 0 Å². The predicted octanol–water partition coefficient (Wildman–Crippen LogP) is -0.177. The molecule has 1 aromatic carbocycles. The van der Waals surface area contributed by atoms with E-state index in [0.717, 1.165) is 0 Å². The van der Waals surface area contributed by atoms with E-state index in [-0.39, 0.29) is 28.7 Å². The van der Waals surface area contributed by atoms with Gasteiger partial charge in [-0.1, -0.05) is 0 Å². The fraction of sp³-hybridized carbons (Fsp3) is 0.455. The Hall–Kier alpha value is -0.710. The summed E-state index contributed by atoms with van der Waals surface area (Å²) in [7, 11) is -4.19. The maximum Gasteiger partial charge on any atom is 0.240 e. The fourth-order valence-corrected chi connectivity index (χ4v) is 3.66. The van der Waals surface area contributed by atoms with Crippen LogP contribution in [0.5, 0.6) is 0 Å². The minimum absolute atomic E-state index is 0. The Morgan fingerprint density at radius 2 is 1.62 bits per heavy atom. The molecule has 0 atom stereocenters. The molecule has 3 N–H and O–H groups in total. The summed E-state index contributed by atoms with van der Waals surface area (Å²) in [5.41, 5.74) is 0.371. The van der Waals surface area contributed by atoms with Crippen molar-refractivity contribution < 1.29 is 16.8 Å². The second-order valence-corrected chi connectivity index (χ2v) is 7.76. The van der Waals surface area contributed by atoms with Crippen LogP contribution in [0, 0.1) is 6.92 Å². The van der Waals surface area contributed by atoms with E-state index in [1.165, 1.54) is 25.2 Å². The quantitative estimate of drug-likeness (QED) is 0.587. The Labute approximate surface area is 132 Å². The number of aryl methyl sites for hydroxylation is 1. The number of likely N-dealkylation sites (N-methyl/N-ethyl adjacent to an activating group) is 1. The summed E-state index contributed by atoms with van der Waals surface area (Å²) in [6.07, 6.45) is 0. The Morgan fingerprint density at radius 1 is 1.00 bits per heavy atom. The lowest BCUT2D eigenvalue weighted by molar-refractivity contribution is 0.577. The third kappa shape index (κ3) is 5.20. The number of hydrogen-bond acceptors (Lipinski definition) is 5. The second-order valence-electron chi connectivity index (χ2n) is 4.14. The van der Waals surface area contributed by atoms with Crippen LogP contribution < -0.4 is 14.8 Å². The highest BCUT2D eigenvalue weighted by Gasteiger charge is 2.19. The van der Waals surface area contributed by atoms with E-state index in [1.807, 2.05) is 0 Å². The number of sulfonamides is 2. The van der Waals surface area contributed by atoms with Crippen molar-refractivity contribution in [3.63, 3.8) is 0 Å². The first-order valence-corrected chi connectivity index (χ1v) is 8.89. The highest BCUT2D eigenvalue weighted by Crippen LogP contribution is 2.19. The number of halogens is 1. The molecule has 1 rings (SSSR count). The summed E-state index contributed by atoms with van der Waals surface area (Å²) in [6.45, 7) is 2.32. The molecule has 0 spiro atoms. The van der Waals surface area contributed by atoms with Crippen LogP contribution in [-0.2, 0) is 20.0 Å². The molecular weight excluding hydrogens is 338 g/mol. The van der Waals surface area contributed by atoms with Gasteiger partial charge in [-0.05, 0) is 44.8 Å². The van der Waals surface area contributed by atoms with Crippen LogP contribution in [0.15, 0.2) is 28.0 Å². The SMILES string of the molecule is CNCCNS(=O)(=O)c1ccc(S(=O)(=O)NC)c(C)c1.Cl. The first kappa shape index (κ1) is 20.3. The lowest BCUT2D eigenvalue weighted by Crippen LogP contribution is -2.30. The van der Waals surface area contributed by atoms with Gasteiger partial charge in [0.05, 0.1) is 9.79 Å². The van der Waals surface area contributed by atoms with Crippen LogP contribution in [0.1, 0.15) is 5.56 Å². The molecule has 0 heterocycles. The van der Waals surface area contributed by atoms with Crippen LogP contribution in [0.4, 0.5) is 0 Å². The number of rotatable bonds is 7. The van der Waals surface area contributed by atoms with E-state index >= 15 is 0 Å². The summed E-state index contributed by atoms with van der Waals surface area (Å²) in [6, 6.07) is 3.90. The van der Waals surface area contributed by atoms with Crippen LogP contribution in [-0.4, -0.2) is 44.0 Å². The van der Waals surface area contributed by atoms with E-state index in [1.54, 1.807) is 14.0 Å². The summed E-state index contributed by atoms with van der Waals surface area (Å²) >= 11 is 0. The smallest absolute Gasteiger partial charge is 0.240 e. The highest BCUT2D eigenvalue weighted by molar-refractivity contribution is 7.90. The molecule has 0 unspecified atom stereocenters. The Balaban J connectivity index is 0.00000400. The van der Waals surface area contributed by atoms with Gasteiger partial charge >= 0.3 is 0 Å². The molecule has 21 heavy (non-hydrogen) atoms. The van der Waals surface area contributed by atoms with Crippen molar-refractivity contribution in [2.75, 3.05) is 27.2 Å². The number of nitrogens with one attached hydrogen (secondary N) is 3. The van der Waals surface area contributed by atoms with Crippen molar-refractivity contribution in [3.8, 4) is 0 Å². The molecule has 0 amide bonds. The van der Waals surface area contributed by atoms with Crippen molar-refractivity contribution in [2.24, 2.45) is 0 Å². The lowest BCUT2D eigenvalue weighted by Gasteiger charge is -2.10. The average molecular weight is 358 g/mol. The van der Waals surface area contributed by atoms with E-state index in [0.29, 0.717) is 12.1 Å². The summed E-state index contributed by atoms with van der Waals surface area (Å²) in [5.74, 6) is 0. The minimum atomic E-state index is -3.63. The zero-order valence-electron chi connectivity index (χ0n) is 12.0. The number of hydrogen-bond donors (Lipinski definition) is 3. The van der Waals surface area contributed by atoms with Gasteiger partial charge in [-0.2, -0.15) is 0 Å².